The van der Waals surface area contributed by atoms with Gasteiger partial charge in [0.15, 0.2) is 0 Å². The van der Waals surface area contributed by atoms with Crippen LogP contribution in [0.1, 0.15) is 12.8 Å². The van der Waals surface area contributed by atoms with Crippen LogP contribution in [0, 0.1) is 0 Å². The molecule has 0 bridgehead atoms. The molecule has 0 fully saturated rings. The van der Waals surface area contributed by atoms with Crippen LogP contribution in [-0.4, -0.2) is 98.5 Å². The second-order valence-electron chi connectivity index (χ2n) is 5.10. The van der Waals surface area contributed by atoms with Crippen LogP contribution in [0.2, 0.25) is 0 Å². The van der Waals surface area contributed by atoms with Gasteiger partial charge in [-0.2, -0.15) is 0 Å². The van der Waals surface area contributed by atoms with Crippen molar-refractivity contribution in [2.24, 2.45) is 0 Å². The molecule has 0 radical (unpaired) electrons. The van der Waals surface area contributed by atoms with Crippen molar-refractivity contribution >= 4 is 0 Å². The Morgan fingerprint density at radius 3 is 1.61 bits per heavy atom. The first kappa shape index (κ1) is 17.8. The van der Waals surface area contributed by atoms with E-state index in [4.69, 9.17) is 10.2 Å². The van der Waals surface area contributed by atoms with Crippen molar-refractivity contribution in [3.05, 3.63) is 0 Å². The second kappa shape index (κ2) is 11.9. The average molecular weight is 261 g/mol. The Hall–Kier alpha value is -0.200. The number of aliphatic hydroxyl groups excluding tert-OH is 2. The Bertz CT molecular complexity index is 174. The van der Waals surface area contributed by atoms with Gasteiger partial charge in [0.25, 0.3) is 0 Å². The smallest absolute Gasteiger partial charge is 0.0558 e. The Morgan fingerprint density at radius 1 is 0.667 bits per heavy atom. The summed E-state index contributed by atoms with van der Waals surface area (Å²) in [5, 5.41) is 17.8. The molecule has 0 unspecified atom stereocenters. The molecule has 0 saturated heterocycles. The van der Waals surface area contributed by atoms with E-state index in [-0.39, 0.29) is 13.2 Å². The summed E-state index contributed by atoms with van der Waals surface area (Å²) in [6, 6.07) is 0. The molecule has 0 amide bonds. The van der Waals surface area contributed by atoms with Crippen LogP contribution in [0.25, 0.3) is 0 Å². The quantitative estimate of drug-likeness (QED) is 0.498. The van der Waals surface area contributed by atoms with E-state index in [1.54, 1.807) is 0 Å². The van der Waals surface area contributed by atoms with Crippen LogP contribution in [0.3, 0.4) is 0 Å². The van der Waals surface area contributed by atoms with Gasteiger partial charge in [-0.15, -0.1) is 0 Å². The van der Waals surface area contributed by atoms with Crippen LogP contribution in [0.4, 0.5) is 0 Å². The molecule has 0 atom stereocenters. The van der Waals surface area contributed by atoms with E-state index in [0.717, 1.165) is 32.6 Å². The third kappa shape index (κ3) is 10.9. The van der Waals surface area contributed by atoms with Gasteiger partial charge in [-0.05, 0) is 60.2 Å². The summed E-state index contributed by atoms with van der Waals surface area (Å²) >= 11 is 0. The maximum atomic E-state index is 8.90. The first-order valence-electron chi connectivity index (χ1n) is 6.87. The van der Waals surface area contributed by atoms with Crippen molar-refractivity contribution < 1.29 is 10.2 Å². The third-order valence-electron chi connectivity index (χ3n) is 2.99. The van der Waals surface area contributed by atoms with E-state index in [0.29, 0.717) is 13.1 Å². The molecule has 0 rings (SSSR count). The van der Waals surface area contributed by atoms with Gasteiger partial charge in [-0.3, -0.25) is 4.90 Å². The van der Waals surface area contributed by atoms with Crippen molar-refractivity contribution in [3.8, 4) is 0 Å². The standard InChI is InChI=1S/C13H31N3O2/c1-14(2)6-4-7-15(3)8-5-9-16(10-12-17)11-13-18/h17-18H,4-13H2,1-3H3. The van der Waals surface area contributed by atoms with E-state index >= 15 is 0 Å². The number of rotatable bonds is 12. The van der Waals surface area contributed by atoms with Crippen molar-refractivity contribution in [2.45, 2.75) is 12.8 Å². The molecule has 0 aliphatic heterocycles. The van der Waals surface area contributed by atoms with Gasteiger partial charge in [0, 0.05) is 13.1 Å². The predicted octanol–water partition coefficient (Wildman–Crippen LogP) is -0.453. The van der Waals surface area contributed by atoms with Crippen molar-refractivity contribution in [1.29, 1.82) is 0 Å². The molecule has 110 valence electrons. The molecule has 0 aliphatic carbocycles. The minimum atomic E-state index is 0.165. The summed E-state index contributed by atoms with van der Waals surface area (Å²) in [5.41, 5.74) is 0. The summed E-state index contributed by atoms with van der Waals surface area (Å²) in [6.07, 6.45) is 2.28. The minimum Gasteiger partial charge on any atom is -0.395 e. The SMILES string of the molecule is CN(C)CCCN(C)CCCN(CCO)CCO. The summed E-state index contributed by atoms with van der Waals surface area (Å²) in [5.74, 6) is 0. The summed E-state index contributed by atoms with van der Waals surface area (Å²) < 4.78 is 0. The first-order chi connectivity index (χ1) is 8.60. The number of nitrogens with zero attached hydrogens (tertiary/aromatic N) is 3. The van der Waals surface area contributed by atoms with Gasteiger partial charge in [-0.25, -0.2) is 0 Å². The molecule has 0 saturated carbocycles. The van der Waals surface area contributed by atoms with Crippen LogP contribution < -0.4 is 0 Å². The molecule has 2 N–H and O–H groups in total. The highest BCUT2D eigenvalue weighted by molar-refractivity contribution is 4.60. The molecular formula is C13H31N3O2. The van der Waals surface area contributed by atoms with E-state index in [1.807, 2.05) is 0 Å². The molecule has 0 aromatic carbocycles. The monoisotopic (exact) mass is 261 g/mol. The Morgan fingerprint density at radius 2 is 1.17 bits per heavy atom. The molecule has 18 heavy (non-hydrogen) atoms. The lowest BCUT2D eigenvalue weighted by atomic mass is 10.3. The Labute approximate surface area is 112 Å². The zero-order chi connectivity index (χ0) is 13.8. The number of aliphatic hydroxyl groups is 2. The van der Waals surface area contributed by atoms with E-state index in [1.165, 1.54) is 6.42 Å². The third-order valence-corrected chi connectivity index (χ3v) is 2.99. The van der Waals surface area contributed by atoms with Crippen LogP contribution in [0.5, 0.6) is 0 Å². The lowest BCUT2D eigenvalue weighted by Gasteiger charge is -2.22. The zero-order valence-corrected chi connectivity index (χ0v) is 12.3. The molecular weight excluding hydrogens is 230 g/mol. The highest BCUT2D eigenvalue weighted by Crippen LogP contribution is 1.95. The Kier molecular flexibility index (Phi) is 11.7. The predicted molar refractivity (Wildman–Crippen MR) is 75.9 cm³/mol. The highest BCUT2D eigenvalue weighted by atomic mass is 16.3. The maximum absolute atomic E-state index is 8.90. The fourth-order valence-corrected chi connectivity index (χ4v) is 1.95. The summed E-state index contributed by atoms with van der Waals surface area (Å²) in [7, 11) is 6.35. The zero-order valence-electron chi connectivity index (χ0n) is 12.3. The number of hydrogen-bond donors (Lipinski definition) is 2. The van der Waals surface area contributed by atoms with Gasteiger partial charge in [0.05, 0.1) is 13.2 Å². The number of hydrogen-bond acceptors (Lipinski definition) is 5. The fraction of sp³-hybridized carbons (Fsp3) is 1.00. The molecule has 0 heterocycles. The van der Waals surface area contributed by atoms with Gasteiger partial charge in [-0.1, -0.05) is 0 Å². The van der Waals surface area contributed by atoms with Crippen molar-refractivity contribution in [1.82, 2.24) is 14.7 Å². The van der Waals surface area contributed by atoms with Crippen LogP contribution >= 0.6 is 0 Å². The Balaban J connectivity index is 3.54. The first-order valence-corrected chi connectivity index (χ1v) is 6.87. The van der Waals surface area contributed by atoms with Gasteiger partial charge >= 0.3 is 0 Å². The average Bonchev–Trinajstić information content (AvgIpc) is 2.29. The van der Waals surface area contributed by atoms with E-state index < -0.39 is 0 Å². The highest BCUT2D eigenvalue weighted by Gasteiger charge is 2.04. The largest absolute Gasteiger partial charge is 0.395 e. The molecule has 5 heteroatoms. The van der Waals surface area contributed by atoms with Gasteiger partial charge in [0.2, 0.25) is 0 Å². The fourth-order valence-electron chi connectivity index (χ4n) is 1.95. The van der Waals surface area contributed by atoms with E-state index in [9.17, 15) is 0 Å². The topological polar surface area (TPSA) is 50.2 Å². The van der Waals surface area contributed by atoms with Crippen LogP contribution in [0.15, 0.2) is 0 Å². The maximum Gasteiger partial charge on any atom is 0.0558 e. The molecule has 0 spiro atoms. The molecule has 0 aromatic rings. The van der Waals surface area contributed by atoms with Crippen LogP contribution in [-0.2, 0) is 0 Å². The van der Waals surface area contributed by atoms with Crippen molar-refractivity contribution in [2.75, 3.05) is 73.6 Å². The molecule has 0 aliphatic rings. The van der Waals surface area contributed by atoms with Gasteiger partial charge in [0.1, 0.15) is 0 Å². The van der Waals surface area contributed by atoms with Gasteiger partial charge < -0.3 is 20.0 Å². The summed E-state index contributed by atoms with van der Waals surface area (Å²) in [6.45, 7) is 5.91. The molecule has 5 nitrogen and oxygen atoms in total. The van der Waals surface area contributed by atoms with Crippen molar-refractivity contribution in [3.63, 3.8) is 0 Å². The molecule has 0 aromatic heterocycles. The summed E-state index contributed by atoms with van der Waals surface area (Å²) in [4.78, 5) is 6.66. The lowest BCUT2D eigenvalue weighted by Crippen LogP contribution is -2.33. The normalized spacial score (nSPS) is 12.0. The second-order valence-corrected chi connectivity index (χ2v) is 5.10. The lowest BCUT2D eigenvalue weighted by molar-refractivity contribution is 0.155. The minimum absolute atomic E-state index is 0.165. The van der Waals surface area contributed by atoms with E-state index in [2.05, 4.69) is 35.8 Å².